The number of nitro groups is 1. The largest absolute Gasteiger partial charge is 0.283 e. The predicted molar refractivity (Wildman–Crippen MR) is 92.3 cm³/mol. The van der Waals surface area contributed by atoms with Gasteiger partial charge in [0.05, 0.1) is 27.6 Å². The molecule has 0 bridgehead atoms. The Morgan fingerprint density at radius 3 is 2.92 bits per heavy atom. The molecule has 0 aliphatic carbocycles. The minimum absolute atomic E-state index is 0.0196. The van der Waals surface area contributed by atoms with Gasteiger partial charge in [0, 0.05) is 23.3 Å². The molecule has 3 rings (SSSR count). The fraction of sp³-hybridized carbons (Fsp3) is 0.312. The van der Waals surface area contributed by atoms with Crippen LogP contribution in [-0.2, 0) is 0 Å². The van der Waals surface area contributed by atoms with Crippen LogP contribution in [0.15, 0.2) is 33.9 Å². The number of hydrogen-bond donors (Lipinski definition) is 1. The molecule has 0 saturated carbocycles. The van der Waals surface area contributed by atoms with Gasteiger partial charge in [0.2, 0.25) is 0 Å². The third-order valence-corrected chi connectivity index (χ3v) is 4.98. The number of H-pyrrole nitrogens is 1. The molecule has 8 heteroatoms. The molecule has 1 aromatic carbocycles. The number of aliphatic imine (C=N–C) groups is 1. The van der Waals surface area contributed by atoms with Gasteiger partial charge in [-0.2, -0.15) is 10.4 Å². The highest BCUT2D eigenvalue weighted by atomic mass is 79.9. The highest BCUT2D eigenvalue weighted by Gasteiger charge is 2.37. The summed E-state index contributed by atoms with van der Waals surface area (Å²) in [7, 11) is 0. The van der Waals surface area contributed by atoms with Crippen LogP contribution in [0.5, 0.6) is 0 Å². The zero-order chi connectivity index (χ0) is 17.3. The van der Waals surface area contributed by atoms with Crippen molar-refractivity contribution in [2.24, 2.45) is 10.9 Å². The molecule has 1 aromatic heterocycles. The quantitative estimate of drug-likeness (QED) is 0.624. The Labute approximate surface area is 146 Å². The van der Waals surface area contributed by atoms with Gasteiger partial charge in [-0.1, -0.05) is 25.5 Å². The van der Waals surface area contributed by atoms with Gasteiger partial charge in [-0.15, -0.1) is 0 Å². The fourth-order valence-electron chi connectivity index (χ4n) is 3.07. The van der Waals surface area contributed by atoms with Crippen LogP contribution in [0.1, 0.15) is 36.8 Å². The van der Waals surface area contributed by atoms with Crippen molar-refractivity contribution < 1.29 is 4.92 Å². The molecule has 0 fully saturated rings. The zero-order valence-electron chi connectivity index (χ0n) is 12.9. The monoisotopic (exact) mass is 387 g/mol. The van der Waals surface area contributed by atoms with E-state index in [1.54, 1.807) is 18.3 Å². The van der Waals surface area contributed by atoms with E-state index in [2.05, 4.69) is 37.2 Å². The number of hydrogen-bond acceptors (Lipinski definition) is 5. The average Bonchev–Trinajstić information content (AvgIpc) is 3.02. The van der Waals surface area contributed by atoms with Crippen molar-refractivity contribution in [3.63, 3.8) is 0 Å². The van der Waals surface area contributed by atoms with Crippen molar-refractivity contribution in [3.05, 3.63) is 50.1 Å². The molecule has 0 spiro atoms. The molecule has 1 N–H and O–H groups in total. The Hall–Kier alpha value is -2.53. The Kier molecular flexibility index (Phi) is 4.44. The second kappa shape index (κ2) is 6.53. The normalized spacial score (nSPS) is 19.3. The van der Waals surface area contributed by atoms with E-state index < -0.39 is 10.8 Å². The maximum absolute atomic E-state index is 11.2. The summed E-state index contributed by atoms with van der Waals surface area (Å²) in [6.45, 7) is 2.03. The van der Waals surface area contributed by atoms with Crippen LogP contribution >= 0.6 is 15.9 Å². The molecule has 24 heavy (non-hydrogen) atoms. The summed E-state index contributed by atoms with van der Waals surface area (Å²) in [6, 6.07) is 7.21. The number of nitrogens with one attached hydrogen (secondary N) is 1. The molecular formula is C16H14BrN5O2. The molecule has 0 amide bonds. The molecule has 1 aliphatic rings. The van der Waals surface area contributed by atoms with Gasteiger partial charge in [0.15, 0.2) is 5.82 Å². The fourth-order valence-corrected chi connectivity index (χ4v) is 3.73. The lowest BCUT2D eigenvalue weighted by Gasteiger charge is -2.27. The van der Waals surface area contributed by atoms with Gasteiger partial charge in [0.25, 0.3) is 5.69 Å². The van der Waals surface area contributed by atoms with Gasteiger partial charge < -0.3 is 0 Å². The average molecular weight is 388 g/mol. The first-order valence-corrected chi connectivity index (χ1v) is 8.30. The lowest BCUT2D eigenvalue weighted by molar-refractivity contribution is -0.385. The van der Waals surface area contributed by atoms with E-state index in [4.69, 9.17) is 0 Å². The third-order valence-electron chi connectivity index (χ3n) is 4.12. The number of aromatic amines is 1. The van der Waals surface area contributed by atoms with Crippen LogP contribution in [0.25, 0.3) is 0 Å². The smallest absolute Gasteiger partial charge is 0.261 e. The van der Waals surface area contributed by atoms with Gasteiger partial charge in [-0.3, -0.25) is 15.2 Å². The van der Waals surface area contributed by atoms with Crippen molar-refractivity contribution in [1.29, 1.82) is 5.26 Å². The molecule has 0 saturated heterocycles. The second-order valence-electron chi connectivity index (χ2n) is 5.55. The van der Waals surface area contributed by atoms with E-state index in [0.717, 1.165) is 17.7 Å². The SMILES string of the molecule is CCCC1=Nc2[nH]ncc2C(c2cccc([N+](=O)[O-])c2Br)C1C#N. The van der Waals surface area contributed by atoms with Crippen molar-refractivity contribution >= 4 is 33.1 Å². The number of fused-ring (bicyclic) bond motifs is 1. The maximum atomic E-state index is 11.2. The zero-order valence-corrected chi connectivity index (χ0v) is 14.4. The number of aromatic nitrogens is 2. The highest BCUT2D eigenvalue weighted by Crippen LogP contribution is 2.45. The van der Waals surface area contributed by atoms with Crippen molar-refractivity contribution in [2.75, 3.05) is 0 Å². The first kappa shape index (κ1) is 16.3. The second-order valence-corrected chi connectivity index (χ2v) is 6.34. The standard InChI is InChI=1S/C16H14BrN5O2/c1-2-4-12-10(7-18)14(11-8-19-21-16(11)20-12)9-5-3-6-13(15(9)17)22(23)24/h3,5-6,8,10,14H,2,4H2,1H3,(H,19,21). The van der Waals surface area contributed by atoms with E-state index in [0.29, 0.717) is 22.3 Å². The molecule has 2 atom stereocenters. The Morgan fingerprint density at radius 1 is 1.46 bits per heavy atom. The van der Waals surface area contributed by atoms with Crippen molar-refractivity contribution in [2.45, 2.75) is 25.7 Å². The molecule has 2 aromatic rings. The lowest BCUT2D eigenvalue weighted by atomic mass is 9.77. The molecule has 2 unspecified atom stereocenters. The molecule has 1 aliphatic heterocycles. The van der Waals surface area contributed by atoms with Crippen molar-refractivity contribution in [3.8, 4) is 6.07 Å². The summed E-state index contributed by atoms with van der Waals surface area (Å²) in [5.41, 5.74) is 2.23. The van der Waals surface area contributed by atoms with E-state index in [1.807, 2.05) is 6.92 Å². The molecular weight excluding hydrogens is 374 g/mol. The van der Waals surface area contributed by atoms with Crippen LogP contribution < -0.4 is 0 Å². The predicted octanol–water partition coefficient (Wildman–Crippen LogP) is 4.24. The lowest BCUT2D eigenvalue weighted by Crippen LogP contribution is -2.25. The summed E-state index contributed by atoms with van der Waals surface area (Å²) < 4.78 is 0.394. The van der Waals surface area contributed by atoms with Crippen LogP contribution in [0.4, 0.5) is 11.5 Å². The molecule has 122 valence electrons. The Balaban J connectivity index is 2.20. The summed E-state index contributed by atoms with van der Waals surface area (Å²) in [5.74, 6) is -0.209. The van der Waals surface area contributed by atoms with E-state index in [1.165, 1.54) is 6.07 Å². The van der Waals surface area contributed by atoms with Gasteiger partial charge >= 0.3 is 0 Å². The minimum atomic E-state index is -0.478. The molecule has 2 heterocycles. The number of nitriles is 1. The topological polar surface area (TPSA) is 108 Å². The summed E-state index contributed by atoms with van der Waals surface area (Å²) in [5, 5.41) is 27.9. The van der Waals surface area contributed by atoms with E-state index >= 15 is 0 Å². The highest BCUT2D eigenvalue weighted by molar-refractivity contribution is 9.10. The number of rotatable bonds is 4. The molecule has 0 radical (unpaired) electrons. The van der Waals surface area contributed by atoms with E-state index in [-0.39, 0.29) is 11.6 Å². The number of halogens is 1. The maximum Gasteiger partial charge on any atom is 0.283 e. The molecule has 7 nitrogen and oxygen atoms in total. The van der Waals surface area contributed by atoms with Crippen LogP contribution in [0.3, 0.4) is 0 Å². The first-order valence-electron chi connectivity index (χ1n) is 7.51. The minimum Gasteiger partial charge on any atom is -0.261 e. The van der Waals surface area contributed by atoms with Gasteiger partial charge in [0.1, 0.15) is 0 Å². The van der Waals surface area contributed by atoms with Gasteiger partial charge in [-0.05, 0) is 27.9 Å². The van der Waals surface area contributed by atoms with Crippen LogP contribution in [0, 0.1) is 27.4 Å². The van der Waals surface area contributed by atoms with Crippen LogP contribution in [-0.4, -0.2) is 20.8 Å². The summed E-state index contributed by atoms with van der Waals surface area (Å²) in [4.78, 5) is 15.3. The number of benzene rings is 1. The Bertz CT molecular complexity index is 868. The Morgan fingerprint density at radius 2 is 2.25 bits per heavy atom. The van der Waals surface area contributed by atoms with E-state index in [9.17, 15) is 15.4 Å². The summed E-state index contributed by atoms with van der Waals surface area (Å²) in [6.07, 6.45) is 3.20. The number of nitro benzene ring substituents is 1. The van der Waals surface area contributed by atoms with Crippen LogP contribution in [0.2, 0.25) is 0 Å². The summed E-state index contributed by atoms with van der Waals surface area (Å²) >= 11 is 3.35. The first-order chi connectivity index (χ1) is 11.6. The number of nitrogens with zero attached hydrogens (tertiary/aromatic N) is 4. The third kappa shape index (κ3) is 2.61. The van der Waals surface area contributed by atoms with Gasteiger partial charge in [-0.25, -0.2) is 4.99 Å². The van der Waals surface area contributed by atoms with Crippen molar-refractivity contribution in [1.82, 2.24) is 10.2 Å².